The first kappa shape index (κ1) is 13.3. The maximum atomic E-state index is 12.7. The van der Waals surface area contributed by atoms with Gasteiger partial charge in [-0.05, 0) is 41.7 Å². The van der Waals surface area contributed by atoms with E-state index in [-0.39, 0.29) is 11.5 Å². The van der Waals surface area contributed by atoms with E-state index in [1.54, 1.807) is 0 Å². The van der Waals surface area contributed by atoms with Gasteiger partial charge in [-0.1, -0.05) is 38.1 Å². The van der Waals surface area contributed by atoms with Crippen LogP contribution in [0, 0.1) is 17.8 Å². The molecule has 2 aliphatic carbocycles. The van der Waals surface area contributed by atoms with Crippen LogP contribution in [0.1, 0.15) is 37.3 Å². The topological polar surface area (TPSA) is 46.3 Å². The molecule has 2 N–H and O–H groups in total. The maximum Gasteiger partial charge on any atom is 0.226 e. The van der Waals surface area contributed by atoms with Crippen LogP contribution in [0.15, 0.2) is 24.3 Å². The van der Waals surface area contributed by atoms with E-state index in [9.17, 15) is 4.79 Å². The quantitative estimate of drug-likeness (QED) is 0.904. The van der Waals surface area contributed by atoms with Crippen LogP contribution in [0.5, 0.6) is 0 Å². The molecule has 1 amide bonds. The van der Waals surface area contributed by atoms with Gasteiger partial charge in [0.25, 0.3) is 0 Å². The van der Waals surface area contributed by atoms with Gasteiger partial charge in [0.05, 0.1) is 5.54 Å². The van der Waals surface area contributed by atoms with E-state index in [0.29, 0.717) is 23.7 Å². The third-order valence-corrected chi connectivity index (χ3v) is 6.05. The molecule has 112 valence electrons. The summed E-state index contributed by atoms with van der Waals surface area (Å²) in [7, 11) is 0. The van der Waals surface area contributed by atoms with E-state index < -0.39 is 0 Å². The summed E-state index contributed by atoms with van der Waals surface area (Å²) in [5.74, 6) is 2.08. The van der Waals surface area contributed by atoms with Crippen LogP contribution in [0.2, 0.25) is 0 Å². The Labute approximate surface area is 126 Å². The first-order valence-electron chi connectivity index (χ1n) is 8.17. The molecule has 3 nitrogen and oxygen atoms in total. The van der Waals surface area contributed by atoms with Gasteiger partial charge in [0.1, 0.15) is 0 Å². The molecule has 1 aromatic carbocycles. The molecule has 1 aromatic rings. The number of nitrogens with zero attached hydrogens (tertiary/aromatic N) is 1. The summed E-state index contributed by atoms with van der Waals surface area (Å²) in [5.41, 5.74) is 9.04. The van der Waals surface area contributed by atoms with Gasteiger partial charge in [-0.2, -0.15) is 0 Å². The van der Waals surface area contributed by atoms with Crippen molar-refractivity contribution in [1.82, 2.24) is 4.90 Å². The number of fused-ring (bicyclic) bond motifs is 3. The van der Waals surface area contributed by atoms with Gasteiger partial charge in [0, 0.05) is 19.0 Å². The number of amides is 1. The van der Waals surface area contributed by atoms with Crippen molar-refractivity contribution in [2.75, 3.05) is 13.1 Å². The van der Waals surface area contributed by atoms with Crippen LogP contribution in [0.3, 0.4) is 0 Å². The number of aryl methyl sites for hydroxylation is 1. The molecule has 0 radical (unpaired) electrons. The summed E-state index contributed by atoms with van der Waals surface area (Å²) < 4.78 is 0. The van der Waals surface area contributed by atoms with Crippen LogP contribution in [0.4, 0.5) is 0 Å². The first-order valence-corrected chi connectivity index (χ1v) is 8.17. The van der Waals surface area contributed by atoms with E-state index in [4.69, 9.17) is 5.73 Å². The molecule has 3 atom stereocenters. The van der Waals surface area contributed by atoms with Crippen molar-refractivity contribution in [2.45, 2.75) is 38.1 Å². The van der Waals surface area contributed by atoms with Crippen molar-refractivity contribution in [3.63, 3.8) is 0 Å². The number of benzene rings is 1. The minimum absolute atomic E-state index is 0.159. The molecule has 1 saturated carbocycles. The maximum absolute atomic E-state index is 12.7. The summed E-state index contributed by atoms with van der Waals surface area (Å²) in [5, 5.41) is 0. The Morgan fingerprint density at radius 3 is 2.76 bits per heavy atom. The third kappa shape index (κ3) is 1.87. The Morgan fingerprint density at radius 1 is 1.33 bits per heavy atom. The highest BCUT2D eigenvalue weighted by molar-refractivity contribution is 5.85. The number of hydrogen-bond donors (Lipinski definition) is 1. The van der Waals surface area contributed by atoms with Gasteiger partial charge in [0.2, 0.25) is 5.91 Å². The Kier molecular flexibility index (Phi) is 2.74. The van der Waals surface area contributed by atoms with Crippen LogP contribution >= 0.6 is 0 Å². The molecule has 3 heteroatoms. The van der Waals surface area contributed by atoms with E-state index in [0.717, 1.165) is 19.5 Å². The second-order valence-corrected chi connectivity index (χ2v) is 7.54. The van der Waals surface area contributed by atoms with Crippen molar-refractivity contribution in [1.29, 1.82) is 0 Å². The Hall–Kier alpha value is -1.35. The zero-order valence-electron chi connectivity index (χ0n) is 12.9. The average molecular weight is 284 g/mol. The van der Waals surface area contributed by atoms with E-state index in [1.165, 1.54) is 17.5 Å². The molecular formula is C18H24N2O. The lowest BCUT2D eigenvalue weighted by atomic mass is 9.80. The summed E-state index contributed by atoms with van der Waals surface area (Å²) in [6.07, 6.45) is 2.30. The summed E-state index contributed by atoms with van der Waals surface area (Å²) >= 11 is 0. The SMILES string of the molecule is CC(C)C1(N)CN(C(=O)C2C3CCc4ccccc4C32)C1. The molecule has 4 rings (SSSR count). The van der Waals surface area contributed by atoms with Crippen molar-refractivity contribution in [2.24, 2.45) is 23.5 Å². The lowest BCUT2D eigenvalue weighted by molar-refractivity contribution is -0.142. The van der Waals surface area contributed by atoms with Gasteiger partial charge < -0.3 is 10.6 Å². The van der Waals surface area contributed by atoms with Crippen LogP contribution in [-0.4, -0.2) is 29.4 Å². The number of likely N-dealkylation sites (tertiary alicyclic amines) is 1. The van der Waals surface area contributed by atoms with Crippen LogP contribution in [-0.2, 0) is 11.2 Å². The summed E-state index contributed by atoms with van der Waals surface area (Å²) in [6.45, 7) is 5.77. The minimum Gasteiger partial charge on any atom is -0.339 e. The molecule has 21 heavy (non-hydrogen) atoms. The molecule has 0 spiro atoms. The third-order valence-electron chi connectivity index (χ3n) is 6.05. The lowest BCUT2D eigenvalue weighted by Gasteiger charge is -2.50. The molecule has 2 fully saturated rings. The molecule has 3 unspecified atom stereocenters. The molecular weight excluding hydrogens is 260 g/mol. The van der Waals surface area contributed by atoms with E-state index in [1.807, 2.05) is 4.90 Å². The van der Waals surface area contributed by atoms with Crippen molar-refractivity contribution >= 4 is 5.91 Å². The van der Waals surface area contributed by atoms with Gasteiger partial charge in [-0.3, -0.25) is 4.79 Å². The van der Waals surface area contributed by atoms with E-state index >= 15 is 0 Å². The standard InChI is InChI=1S/C18H24N2O/c1-11(2)18(19)9-20(10-18)17(21)16-14-8-7-12-5-3-4-6-13(12)15(14)16/h3-6,11,14-16H,7-10,19H2,1-2H3. The van der Waals surface area contributed by atoms with Gasteiger partial charge >= 0.3 is 0 Å². The summed E-state index contributed by atoms with van der Waals surface area (Å²) in [6, 6.07) is 8.66. The molecule has 1 heterocycles. The predicted molar refractivity (Wildman–Crippen MR) is 82.8 cm³/mol. The Bertz CT molecular complexity index is 589. The second-order valence-electron chi connectivity index (χ2n) is 7.54. The zero-order valence-corrected chi connectivity index (χ0v) is 12.9. The second kappa shape index (κ2) is 4.33. The van der Waals surface area contributed by atoms with Gasteiger partial charge in [0.15, 0.2) is 0 Å². The smallest absolute Gasteiger partial charge is 0.226 e. The van der Waals surface area contributed by atoms with Gasteiger partial charge in [-0.15, -0.1) is 0 Å². The van der Waals surface area contributed by atoms with Gasteiger partial charge in [-0.25, -0.2) is 0 Å². The largest absolute Gasteiger partial charge is 0.339 e. The number of carbonyl (C=O) groups excluding carboxylic acids is 1. The lowest BCUT2D eigenvalue weighted by Crippen LogP contribution is -2.71. The molecule has 1 aliphatic heterocycles. The number of hydrogen-bond acceptors (Lipinski definition) is 2. The fourth-order valence-corrected chi connectivity index (χ4v) is 4.30. The number of nitrogens with two attached hydrogens (primary N) is 1. The Morgan fingerprint density at radius 2 is 2.05 bits per heavy atom. The normalized spacial score (nSPS) is 32.2. The fourth-order valence-electron chi connectivity index (χ4n) is 4.30. The molecule has 1 saturated heterocycles. The first-order chi connectivity index (χ1) is 10.0. The average Bonchev–Trinajstić information content (AvgIpc) is 3.17. The van der Waals surface area contributed by atoms with Crippen molar-refractivity contribution in [3.8, 4) is 0 Å². The predicted octanol–water partition coefficient (Wildman–Crippen LogP) is 2.16. The van der Waals surface area contributed by atoms with Crippen molar-refractivity contribution < 1.29 is 4.79 Å². The molecule has 0 aromatic heterocycles. The zero-order chi connectivity index (χ0) is 14.8. The highest BCUT2D eigenvalue weighted by atomic mass is 16.2. The fraction of sp³-hybridized carbons (Fsp3) is 0.611. The highest BCUT2D eigenvalue weighted by Crippen LogP contribution is 2.60. The number of carbonyl (C=O) groups is 1. The summed E-state index contributed by atoms with van der Waals surface area (Å²) in [4.78, 5) is 14.7. The highest BCUT2D eigenvalue weighted by Gasteiger charge is 2.59. The van der Waals surface area contributed by atoms with E-state index in [2.05, 4.69) is 38.1 Å². The van der Waals surface area contributed by atoms with Crippen LogP contribution in [0.25, 0.3) is 0 Å². The number of rotatable bonds is 2. The van der Waals surface area contributed by atoms with Crippen molar-refractivity contribution in [3.05, 3.63) is 35.4 Å². The Balaban J connectivity index is 1.48. The molecule has 3 aliphatic rings. The molecule has 0 bridgehead atoms. The van der Waals surface area contributed by atoms with Crippen LogP contribution < -0.4 is 5.73 Å². The monoisotopic (exact) mass is 284 g/mol. The minimum atomic E-state index is -0.159.